The van der Waals surface area contributed by atoms with Gasteiger partial charge in [-0.1, -0.05) is 6.07 Å². The van der Waals surface area contributed by atoms with Crippen molar-refractivity contribution in [1.82, 2.24) is 9.55 Å². The molecular formula is C21H19N3O3S3. The van der Waals surface area contributed by atoms with Crippen LogP contribution in [0.25, 0.3) is 26.6 Å². The van der Waals surface area contributed by atoms with Crippen molar-refractivity contribution < 1.29 is 13.2 Å². The number of aldehydes is 1. The molecule has 0 fully saturated rings. The number of anilines is 1. The van der Waals surface area contributed by atoms with Gasteiger partial charge in [0.25, 0.3) is 0 Å². The van der Waals surface area contributed by atoms with E-state index in [0.717, 1.165) is 50.5 Å². The van der Waals surface area contributed by atoms with Gasteiger partial charge < -0.3 is 0 Å². The van der Waals surface area contributed by atoms with E-state index in [0.29, 0.717) is 10.6 Å². The van der Waals surface area contributed by atoms with Gasteiger partial charge in [0.2, 0.25) is 10.0 Å². The second kappa shape index (κ2) is 7.82. The van der Waals surface area contributed by atoms with Gasteiger partial charge in [-0.3, -0.25) is 14.1 Å². The molecule has 0 spiro atoms. The molecule has 3 heterocycles. The average molecular weight is 458 g/mol. The van der Waals surface area contributed by atoms with Crippen molar-refractivity contribution in [2.75, 3.05) is 11.0 Å². The van der Waals surface area contributed by atoms with Crippen LogP contribution >= 0.6 is 22.7 Å². The summed E-state index contributed by atoms with van der Waals surface area (Å²) in [6.45, 7) is 3.86. The number of rotatable bonds is 6. The summed E-state index contributed by atoms with van der Waals surface area (Å²) in [7, 11) is -3.36. The van der Waals surface area contributed by atoms with Crippen LogP contribution in [0.4, 0.5) is 5.69 Å². The van der Waals surface area contributed by atoms with Crippen LogP contribution in [-0.2, 0) is 10.0 Å². The number of sulfonamides is 1. The smallest absolute Gasteiger partial charge is 0.229 e. The quantitative estimate of drug-likeness (QED) is 0.407. The molecule has 0 aliphatic carbocycles. The highest BCUT2D eigenvalue weighted by Gasteiger charge is 2.19. The Kier molecular flexibility index (Phi) is 5.35. The van der Waals surface area contributed by atoms with E-state index >= 15 is 0 Å². The molecule has 154 valence electrons. The first-order valence-corrected chi connectivity index (χ1v) is 12.6. The molecule has 4 rings (SSSR count). The molecule has 4 aromatic rings. The molecule has 6 nitrogen and oxygen atoms in total. The van der Waals surface area contributed by atoms with Gasteiger partial charge in [0, 0.05) is 39.5 Å². The van der Waals surface area contributed by atoms with Crippen LogP contribution in [-0.4, -0.2) is 30.5 Å². The molecule has 30 heavy (non-hydrogen) atoms. The van der Waals surface area contributed by atoms with Crippen molar-refractivity contribution in [3.8, 4) is 26.6 Å². The van der Waals surface area contributed by atoms with Gasteiger partial charge in [-0.2, -0.15) is 0 Å². The number of aryl methyl sites for hydroxylation is 2. The first-order chi connectivity index (χ1) is 14.3. The van der Waals surface area contributed by atoms with Crippen LogP contribution in [0.1, 0.15) is 21.1 Å². The molecule has 0 aliphatic rings. The van der Waals surface area contributed by atoms with E-state index in [2.05, 4.69) is 15.8 Å². The summed E-state index contributed by atoms with van der Waals surface area (Å²) in [5, 5.41) is 3.05. The third-order valence-corrected chi connectivity index (χ3v) is 7.28. The lowest BCUT2D eigenvalue weighted by Crippen LogP contribution is -2.09. The molecule has 9 heteroatoms. The number of nitrogens with zero attached hydrogens (tertiary/aromatic N) is 2. The molecule has 0 saturated heterocycles. The minimum Gasteiger partial charge on any atom is -0.297 e. The molecule has 0 unspecified atom stereocenters. The van der Waals surface area contributed by atoms with Crippen LogP contribution in [0.5, 0.6) is 0 Å². The number of hydrogen-bond acceptors (Lipinski definition) is 6. The van der Waals surface area contributed by atoms with Crippen molar-refractivity contribution in [3.63, 3.8) is 0 Å². The lowest BCUT2D eigenvalue weighted by Gasteiger charge is -2.11. The Hall–Kier alpha value is -2.75. The van der Waals surface area contributed by atoms with Crippen molar-refractivity contribution in [3.05, 3.63) is 64.4 Å². The fourth-order valence-electron chi connectivity index (χ4n) is 3.35. The molecule has 0 saturated carbocycles. The van der Waals surface area contributed by atoms with Crippen LogP contribution in [0.2, 0.25) is 0 Å². The van der Waals surface area contributed by atoms with Gasteiger partial charge >= 0.3 is 0 Å². The van der Waals surface area contributed by atoms with E-state index in [1.54, 1.807) is 29.7 Å². The molecule has 1 N–H and O–H groups in total. The second-order valence-electron chi connectivity index (χ2n) is 6.89. The molecule has 1 aromatic carbocycles. The minimum absolute atomic E-state index is 0.497. The Morgan fingerprint density at radius 1 is 1.13 bits per heavy atom. The van der Waals surface area contributed by atoms with E-state index in [-0.39, 0.29) is 0 Å². The van der Waals surface area contributed by atoms with Crippen molar-refractivity contribution in [2.45, 2.75) is 13.8 Å². The van der Waals surface area contributed by atoms with Crippen LogP contribution in [0.3, 0.4) is 0 Å². The number of benzene rings is 1. The molecule has 0 bridgehead atoms. The highest BCUT2D eigenvalue weighted by Crippen LogP contribution is 2.43. The summed E-state index contributed by atoms with van der Waals surface area (Å²) in [4.78, 5) is 17.7. The zero-order valence-corrected chi connectivity index (χ0v) is 19.0. The van der Waals surface area contributed by atoms with Crippen molar-refractivity contribution in [2.24, 2.45) is 0 Å². The number of nitrogens with one attached hydrogen (secondary N) is 1. The molecule has 0 atom stereocenters. The largest absolute Gasteiger partial charge is 0.297 e. The van der Waals surface area contributed by atoms with Gasteiger partial charge in [0.15, 0.2) is 6.29 Å². The second-order valence-corrected chi connectivity index (χ2v) is 10.6. The van der Waals surface area contributed by atoms with Gasteiger partial charge in [-0.05, 0) is 49.2 Å². The average Bonchev–Trinajstić information content (AvgIpc) is 3.38. The molecule has 0 amide bonds. The monoisotopic (exact) mass is 457 g/mol. The standard InChI is InChI=1S/C21H19N3O3S3/c1-13-10-15(23-30(3,26)27)4-5-16(13)21-17(12-28-19(21)11-25)18-6-7-20(29-18)24-9-8-22-14(24)2/h4-12,23H,1-3H3. The molecule has 3 aromatic heterocycles. The summed E-state index contributed by atoms with van der Waals surface area (Å²) in [6, 6.07) is 9.45. The van der Waals surface area contributed by atoms with Crippen LogP contribution in [0.15, 0.2) is 48.1 Å². The molecule has 0 aliphatic heterocycles. The van der Waals surface area contributed by atoms with Gasteiger partial charge in [-0.25, -0.2) is 13.4 Å². The van der Waals surface area contributed by atoms with Gasteiger partial charge in [-0.15, -0.1) is 22.7 Å². The maximum atomic E-state index is 11.8. The molecule has 0 radical (unpaired) electrons. The summed E-state index contributed by atoms with van der Waals surface area (Å²) >= 11 is 3.04. The first kappa shape index (κ1) is 20.5. The normalized spacial score (nSPS) is 11.6. The number of hydrogen-bond donors (Lipinski definition) is 1. The SMILES string of the molecule is Cc1cc(NS(C)(=O)=O)ccc1-c1c(-c2ccc(-n3ccnc3C)s2)csc1C=O. The number of thiophene rings is 2. The fraction of sp³-hybridized carbons (Fsp3) is 0.143. The summed E-state index contributed by atoms with van der Waals surface area (Å²) in [5.41, 5.74) is 4.14. The number of aromatic nitrogens is 2. The van der Waals surface area contributed by atoms with E-state index in [9.17, 15) is 13.2 Å². The van der Waals surface area contributed by atoms with E-state index < -0.39 is 10.0 Å². The predicted octanol–water partition coefficient (Wildman–Crippen LogP) is 5.13. The zero-order chi connectivity index (χ0) is 21.5. The maximum Gasteiger partial charge on any atom is 0.229 e. The van der Waals surface area contributed by atoms with Crippen molar-refractivity contribution >= 4 is 44.7 Å². The molecular weight excluding hydrogens is 438 g/mol. The lowest BCUT2D eigenvalue weighted by molar-refractivity contribution is 0.112. The first-order valence-electron chi connectivity index (χ1n) is 9.03. The summed E-state index contributed by atoms with van der Waals surface area (Å²) < 4.78 is 27.6. The maximum absolute atomic E-state index is 11.8. The number of carbonyl (C=O) groups excluding carboxylic acids is 1. The van der Waals surface area contributed by atoms with Crippen LogP contribution in [0, 0.1) is 13.8 Å². The highest BCUT2D eigenvalue weighted by molar-refractivity contribution is 7.92. The number of imidazole rings is 1. The predicted molar refractivity (Wildman–Crippen MR) is 124 cm³/mol. The Balaban J connectivity index is 1.80. The third-order valence-electron chi connectivity index (χ3n) is 4.65. The fourth-order valence-corrected chi connectivity index (χ4v) is 5.93. The van der Waals surface area contributed by atoms with E-state index in [1.165, 1.54) is 11.3 Å². The zero-order valence-electron chi connectivity index (χ0n) is 16.5. The van der Waals surface area contributed by atoms with Gasteiger partial charge in [0.1, 0.15) is 10.8 Å². The number of carbonyl (C=O) groups is 1. The van der Waals surface area contributed by atoms with E-state index in [4.69, 9.17) is 0 Å². The Labute approximate surface area is 182 Å². The topological polar surface area (TPSA) is 81.1 Å². The Bertz CT molecular complexity index is 1350. The third kappa shape index (κ3) is 3.96. The van der Waals surface area contributed by atoms with Crippen LogP contribution < -0.4 is 4.72 Å². The Morgan fingerprint density at radius 2 is 1.93 bits per heavy atom. The lowest BCUT2D eigenvalue weighted by atomic mass is 9.96. The van der Waals surface area contributed by atoms with E-state index in [1.807, 2.05) is 42.1 Å². The summed E-state index contributed by atoms with van der Waals surface area (Å²) in [6.07, 6.45) is 5.69. The van der Waals surface area contributed by atoms with Gasteiger partial charge in [0.05, 0.1) is 11.1 Å². The minimum atomic E-state index is -3.36. The van der Waals surface area contributed by atoms with Crippen molar-refractivity contribution in [1.29, 1.82) is 0 Å². The highest BCUT2D eigenvalue weighted by atomic mass is 32.2. The summed E-state index contributed by atoms with van der Waals surface area (Å²) in [5.74, 6) is 0.910. The Morgan fingerprint density at radius 3 is 2.57 bits per heavy atom.